The van der Waals surface area contributed by atoms with Gasteiger partial charge in [0.2, 0.25) is 0 Å². The van der Waals surface area contributed by atoms with Crippen LogP contribution < -0.4 is 5.32 Å². The molecule has 0 aromatic heterocycles. The van der Waals surface area contributed by atoms with Crippen LogP contribution in [-0.2, 0) is 9.47 Å². The van der Waals surface area contributed by atoms with E-state index in [0.717, 1.165) is 46.0 Å². The molecule has 1 atom stereocenters. The van der Waals surface area contributed by atoms with Gasteiger partial charge in [-0.05, 0) is 37.2 Å². The Kier molecular flexibility index (Phi) is 5.63. The first-order valence-electron chi connectivity index (χ1n) is 8.12. The second-order valence-corrected chi connectivity index (χ2v) is 7.47. The van der Waals surface area contributed by atoms with Crippen LogP contribution in [0.5, 0.6) is 0 Å². The third-order valence-corrected chi connectivity index (χ3v) is 5.85. The van der Waals surface area contributed by atoms with Gasteiger partial charge in [0.1, 0.15) is 0 Å². The van der Waals surface area contributed by atoms with Crippen molar-refractivity contribution in [2.75, 3.05) is 57.5 Å². The molecule has 1 N–H and O–H groups in total. The largest absolute Gasteiger partial charge is 0.379 e. The number of nitrogens with zero attached hydrogens (tertiary/aromatic N) is 1. The fourth-order valence-electron chi connectivity index (χ4n) is 3.55. The summed E-state index contributed by atoms with van der Waals surface area (Å²) in [4.78, 5) is 2.50. The van der Waals surface area contributed by atoms with Crippen LogP contribution in [0.25, 0.3) is 0 Å². The summed E-state index contributed by atoms with van der Waals surface area (Å²) in [6.07, 6.45) is 4.90. The smallest absolute Gasteiger partial charge is 0.0713 e. The van der Waals surface area contributed by atoms with Crippen LogP contribution in [0.3, 0.4) is 0 Å². The van der Waals surface area contributed by atoms with Gasteiger partial charge in [-0.1, -0.05) is 0 Å². The molecule has 5 heteroatoms. The Morgan fingerprint density at radius 1 is 1.15 bits per heavy atom. The van der Waals surface area contributed by atoms with Crippen molar-refractivity contribution in [1.82, 2.24) is 10.2 Å². The summed E-state index contributed by atoms with van der Waals surface area (Å²) in [5.74, 6) is 2.56. The fraction of sp³-hybridized carbons (Fsp3) is 1.00. The predicted molar refractivity (Wildman–Crippen MR) is 83.5 cm³/mol. The molecule has 1 spiro atoms. The van der Waals surface area contributed by atoms with Crippen LogP contribution in [0.1, 0.15) is 25.7 Å². The van der Waals surface area contributed by atoms with Gasteiger partial charge in [-0.25, -0.2) is 0 Å². The van der Waals surface area contributed by atoms with Gasteiger partial charge in [-0.3, -0.25) is 4.90 Å². The molecule has 0 amide bonds. The fourth-order valence-corrected chi connectivity index (χ4v) is 4.78. The van der Waals surface area contributed by atoms with Gasteiger partial charge in [0.05, 0.1) is 18.8 Å². The van der Waals surface area contributed by atoms with E-state index in [2.05, 4.69) is 22.0 Å². The van der Waals surface area contributed by atoms with E-state index in [-0.39, 0.29) is 5.60 Å². The summed E-state index contributed by atoms with van der Waals surface area (Å²) >= 11 is 2.08. The summed E-state index contributed by atoms with van der Waals surface area (Å²) < 4.78 is 11.5. The van der Waals surface area contributed by atoms with Crippen LogP contribution in [0.2, 0.25) is 0 Å². The number of nitrogens with one attached hydrogen (secondary N) is 1. The molecule has 0 radical (unpaired) electrons. The molecule has 3 fully saturated rings. The molecule has 3 aliphatic heterocycles. The average Bonchev–Trinajstić information content (AvgIpc) is 2.49. The lowest BCUT2D eigenvalue weighted by molar-refractivity contribution is -0.0932. The lowest BCUT2D eigenvalue weighted by Crippen LogP contribution is -2.50. The molecule has 3 saturated heterocycles. The second-order valence-electron chi connectivity index (χ2n) is 6.24. The molecule has 0 bridgehead atoms. The summed E-state index contributed by atoms with van der Waals surface area (Å²) in [5.41, 5.74) is 0.208. The molecule has 20 heavy (non-hydrogen) atoms. The van der Waals surface area contributed by atoms with E-state index < -0.39 is 0 Å². The number of rotatable bonds is 4. The highest BCUT2D eigenvalue weighted by Gasteiger charge is 2.38. The van der Waals surface area contributed by atoms with Crippen molar-refractivity contribution in [2.24, 2.45) is 0 Å². The van der Waals surface area contributed by atoms with Gasteiger partial charge < -0.3 is 14.8 Å². The monoisotopic (exact) mass is 300 g/mol. The Morgan fingerprint density at radius 3 is 2.75 bits per heavy atom. The minimum atomic E-state index is 0.208. The van der Waals surface area contributed by atoms with E-state index in [9.17, 15) is 0 Å². The standard InChI is InChI=1S/C15H28N2O2S/c1-8-19-15(2-11-20-12-3-15)13-14(1)16-4-5-17-6-9-18-10-7-17/h14,16H,1-13H2. The highest BCUT2D eigenvalue weighted by molar-refractivity contribution is 7.99. The molecule has 1 unspecified atom stereocenters. The lowest BCUT2D eigenvalue weighted by Gasteiger charge is -2.43. The zero-order valence-electron chi connectivity index (χ0n) is 12.4. The Balaban J connectivity index is 1.38. The van der Waals surface area contributed by atoms with Crippen molar-refractivity contribution >= 4 is 11.8 Å². The summed E-state index contributed by atoms with van der Waals surface area (Å²) in [5, 5.41) is 3.77. The number of morpholine rings is 1. The first kappa shape index (κ1) is 15.1. The number of thioether (sulfide) groups is 1. The SMILES string of the molecule is C(CN1CCOCC1)NC1CCOC2(CCSCC2)C1. The molecular weight excluding hydrogens is 272 g/mol. The quantitative estimate of drug-likeness (QED) is 0.848. The maximum Gasteiger partial charge on any atom is 0.0713 e. The van der Waals surface area contributed by atoms with E-state index >= 15 is 0 Å². The normalized spacial score (nSPS) is 31.5. The molecule has 3 aliphatic rings. The molecule has 3 rings (SSSR count). The van der Waals surface area contributed by atoms with Gasteiger partial charge in [0.25, 0.3) is 0 Å². The zero-order chi connectivity index (χ0) is 13.7. The lowest BCUT2D eigenvalue weighted by atomic mass is 9.85. The van der Waals surface area contributed by atoms with Crippen LogP contribution in [0, 0.1) is 0 Å². The van der Waals surface area contributed by atoms with Crippen LogP contribution in [0.15, 0.2) is 0 Å². The minimum Gasteiger partial charge on any atom is -0.379 e. The Morgan fingerprint density at radius 2 is 1.95 bits per heavy atom. The predicted octanol–water partition coefficient (Wildman–Crippen LogP) is 1.35. The number of ether oxygens (including phenoxy) is 2. The van der Waals surface area contributed by atoms with Crippen LogP contribution in [0.4, 0.5) is 0 Å². The van der Waals surface area contributed by atoms with Gasteiger partial charge >= 0.3 is 0 Å². The topological polar surface area (TPSA) is 33.7 Å². The van der Waals surface area contributed by atoms with Crippen molar-refractivity contribution in [2.45, 2.75) is 37.3 Å². The van der Waals surface area contributed by atoms with Gasteiger partial charge in [0, 0.05) is 38.8 Å². The summed E-state index contributed by atoms with van der Waals surface area (Å²) in [6, 6.07) is 0.660. The van der Waals surface area contributed by atoms with Crippen molar-refractivity contribution in [3.8, 4) is 0 Å². The van der Waals surface area contributed by atoms with E-state index in [0.29, 0.717) is 6.04 Å². The first-order valence-corrected chi connectivity index (χ1v) is 9.27. The Labute approximate surface area is 126 Å². The average molecular weight is 300 g/mol. The molecule has 3 heterocycles. The van der Waals surface area contributed by atoms with Gasteiger partial charge in [0.15, 0.2) is 0 Å². The Bertz CT molecular complexity index is 286. The zero-order valence-corrected chi connectivity index (χ0v) is 13.3. The second kappa shape index (κ2) is 7.45. The van der Waals surface area contributed by atoms with E-state index in [1.54, 1.807) is 0 Å². The van der Waals surface area contributed by atoms with Crippen molar-refractivity contribution in [3.63, 3.8) is 0 Å². The van der Waals surface area contributed by atoms with Crippen LogP contribution >= 0.6 is 11.8 Å². The third-order valence-electron chi connectivity index (χ3n) is 4.86. The summed E-state index contributed by atoms with van der Waals surface area (Å²) in [6.45, 7) is 7.20. The number of hydrogen-bond acceptors (Lipinski definition) is 5. The molecule has 0 saturated carbocycles. The van der Waals surface area contributed by atoms with E-state index in [1.807, 2.05) is 0 Å². The van der Waals surface area contributed by atoms with Crippen LogP contribution in [-0.4, -0.2) is 74.0 Å². The summed E-state index contributed by atoms with van der Waals surface area (Å²) in [7, 11) is 0. The van der Waals surface area contributed by atoms with Crippen molar-refractivity contribution in [1.29, 1.82) is 0 Å². The molecular formula is C15H28N2O2S. The highest BCUT2D eigenvalue weighted by atomic mass is 32.2. The minimum absolute atomic E-state index is 0.208. The molecule has 0 aliphatic carbocycles. The molecule has 4 nitrogen and oxygen atoms in total. The third kappa shape index (κ3) is 4.10. The molecule has 0 aromatic carbocycles. The molecule has 0 aromatic rings. The number of hydrogen-bond donors (Lipinski definition) is 1. The highest BCUT2D eigenvalue weighted by Crippen LogP contribution is 2.37. The van der Waals surface area contributed by atoms with Gasteiger partial charge in [-0.2, -0.15) is 11.8 Å². The van der Waals surface area contributed by atoms with E-state index in [1.165, 1.54) is 37.2 Å². The maximum absolute atomic E-state index is 6.15. The van der Waals surface area contributed by atoms with Gasteiger partial charge in [-0.15, -0.1) is 0 Å². The molecule has 116 valence electrons. The maximum atomic E-state index is 6.15. The first-order chi connectivity index (χ1) is 9.86. The van der Waals surface area contributed by atoms with Crippen molar-refractivity contribution < 1.29 is 9.47 Å². The van der Waals surface area contributed by atoms with E-state index in [4.69, 9.17) is 9.47 Å². The van der Waals surface area contributed by atoms with Crippen molar-refractivity contribution in [3.05, 3.63) is 0 Å². The Hall–Kier alpha value is 0.190.